The second-order valence-electron chi connectivity index (χ2n) is 3.75. The summed E-state index contributed by atoms with van der Waals surface area (Å²) in [6.07, 6.45) is 0.0400. The lowest BCUT2D eigenvalue weighted by molar-refractivity contribution is -0.115. The van der Waals surface area contributed by atoms with Crippen molar-refractivity contribution in [3.05, 3.63) is 24.3 Å². The van der Waals surface area contributed by atoms with Gasteiger partial charge in [-0.2, -0.15) is 5.10 Å². The molecule has 0 heterocycles. The fraction of sp³-hybridized carbons (Fsp3) is 0.250. The van der Waals surface area contributed by atoms with Crippen LogP contribution in [0.1, 0.15) is 13.3 Å². The first-order valence-corrected chi connectivity index (χ1v) is 5.54. The molecule has 0 saturated heterocycles. The Balaban J connectivity index is 2.60. The molecule has 0 bridgehead atoms. The normalized spacial score (nSPS) is 10.7. The van der Waals surface area contributed by atoms with E-state index in [9.17, 15) is 9.59 Å². The van der Waals surface area contributed by atoms with Crippen LogP contribution in [0, 0.1) is 0 Å². The third-order valence-corrected chi connectivity index (χ3v) is 2.15. The summed E-state index contributed by atoms with van der Waals surface area (Å²) in [6, 6.07) is 6.28. The van der Waals surface area contributed by atoms with Gasteiger partial charge in [-0.05, 0) is 19.1 Å². The van der Waals surface area contributed by atoms with Gasteiger partial charge in [-0.1, -0.05) is 12.1 Å². The molecule has 1 rings (SSSR count). The van der Waals surface area contributed by atoms with Crippen LogP contribution in [-0.2, 0) is 4.79 Å². The van der Waals surface area contributed by atoms with Crippen molar-refractivity contribution in [2.24, 2.45) is 10.8 Å². The number of ether oxygens (including phenoxy) is 1. The van der Waals surface area contributed by atoms with Crippen molar-refractivity contribution in [1.82, 2.24) is 5.43 Å². The number of rotatable bonds is 5. The van der Waals surface area contributed by atoms with Crippen molar-refractivity contribution in [2.75, 3.05) is 12.4 Å². The Hall–Kier alpha value is -2.57. The number of carbonyl (C=O) groups excluding carboxylic acids is 2. The number of nitrogens with zero attached hydrogens (tertiary/aromatic N) is 1. The van der Waals surface area contributed by atoms with Gasteiger partial charge in [0.05, 0.1) is 19.2 Å². The minimum Gasteiger partial charge on any atom is -0.495 e. The average Bonchev–Trinajstić information content (AvgIpc) is 2.37. The second kappa shape index (κ2) is 7.00. The fourth-order valence-corrected chi connectivity index (χ4v) is 1.36. The lowest BCUT2D eigenvalue weighted by Gasteiger charge is -2.09. The van der Waals surface area contributed by atoms with E-state index in [1.54, 1.807) is 31.2 Å². The summed E-state index contributed by atoms with van der Waals surface area (Å²) in [6.45, 7) is 1.61. The number of hydrazone groups is 1. The number of amides is 3. The van der Waals surface area contributed by atoms with Crippen molar-refractivity contribution in [2.45, 2.75) is 13.3 Å². The molecule has 0 radical (unpaired) electrons. The van der Waals surface area contributed by atoms with Gasteiger partial charge in [0.1, 0.15) is 5.75 Å². The number of urea groups is 1. The Kier molecular flexibility index (Phi) is 5.34. The van der Waals surface area contributed by atoms with Gasteiger partial charge in [0.25, 0.3) is 0 Å². The number of carbonyl (C=O) groups is 2. The first-order chi connectivity index (χ1) is 9.02. The van der Waals surface area contributed by atoms with Gasteiger partial charge in [0.15, 0.2) is 0 Å². The molecule has 4 N–H and O–H groups in total. The van der Waals surface area contributed by atoms with E-state index in [2.05, 4.69) is 15.8 Å². The quantitative estimate of drug-likeness (QED) is 0.547. The standard InChI is InChI=1S/C12H16N4O3/c1-8(15-16-12(13)18)7-11(17)14-9-5-3-4-6-10(9)19-2/h3-6H,7H2,1-2H3,(H,14,17)(H3,13,16,18)/b15-8-. The molecule has 0 atom stereocenters. The Labute approximate surface area is 110 Å². The molecule has 3 amide bonds. The Morgan fingerprint density at radius 3 is 2.68 bits per heavy atom. The molecule has 102 valence electrons. The summed E-state index contributed by atoms with van der Waals surface area (Å²) < 4.78 is 5.11. The van der Waals surface area contributed by atoms with E-state index < -0.39 is 6.03 Å². The summed E-state index contributed by atoms with van der Waals surface area (Å²) in [4.78, 5) is 22.2. The molecule has 0 aliphatic carbocycles. The summed E-state index contributed by atoms with van der Waals surface area (Å²) >= 11 is 0. The largest absolute Gasteiger partial charge is 0.495 e. The Bertz CT molecular complexity index is 500. The summed E-state index contributed by atoms with van der Waals surface area (Å²) in [5.41, 5.74) is 7.93. The molecule has 0 fully saturated rings. The lowest BCUT2D eigenvalue weighted by Crippen LogP contribution is -2.26. The number of methoxy groups -OCH3 is 1. The SMILES string of the molecule is COc1ccccc1NC(=O)C/C(C)=N\NC(N)=O. The molecule has 0 aliphatic heterocycles. The van der Waals surface area contributed by atoms with Crippen LogP contribution >= 0.6 is 0 Å². The lowest BCUT2D eigenvalue weighted by atomic mass is 10.2. The molecular formula is C12H16N4O3. The van der Waals surface area contributed by atoms with Crippen molar-refractivity contribution in [1.29, 1.82) is 0 Å². The highest BCUT2D eigenvalue weighted by Gasteiger charge is 2.08. The Morgan fingerprint density at radius 1 is 1.37 bits per heavy atom. The van der Waals surface area contributed by atoms with Crippen molar-refractivity contribution < 1.29 is 14.3 Å². The summed E-state index contributed by atoms with van der Waals surface area (Å²) in [7, 11) is 1.52. The second-order valence-corrected chi connectivity index (χ2v) is 3.75. The Morgan fingerprint density at radius 2 is 2.05 bits per heavy atom. The van der Waals surface area contributed by atoms with Crippen molar-refractivity contribution in [3.63, 3.8) is 0 Å². The topological polar surface area (TPSA) is 106 Å². The zero-order valence-corrected chi connectivity index (χ0v) is 10.8. The van der Waals surface area contributed by atoms with E-state index in [0.717, 1.165) is 0 Å². The number of para-hydroxylation sites is 2. The number of primary amides is 1. The number of nitrogens with two attached hydrogens (primary N) is 1. The molecule has 0 aliphatic rings. The zero-order valence-electron chi connectivity index (χ0n) is 10.8. The van der Waals surface area contributed by atoms with Gasteiger partial charge in [-0.15, -0.1) is 0 Å². The van der Waals surface area contributed by atoms with Gasteiger partial charge in [0, 0.05) is 5.71 Å². The maximum atomic E-state index is 11.7. The highest BCUT2D eigenvalue weighted by molar-refractivity contribution is 6.06. The predicted molar refractivity (Wildman–Crippen MR) is 72.1 cm³/mol. The molecule has 0 unspecified atom stereocenters. The maximum Gasteiger partial charge on any atom is 0.332 e. The highest BCUT2D eigenvalue weighted by Crippen LogP contribution is 2.22. The van der Waals surface area contributed by atoms with Gasteiger partial charge in [0.2, 0.25) is 5.91 Å². The zero-order chi connectivity index (χ0) is 14.3. The number of benzene rings is 1. The highest BCUT2D eigenvalue weighted by atomic mass is 16.5. The molecule has 1 aromatic rings. The number of nitrogens with one attached hydrogen (secondary N) is 2. The number of anilines is 1. The van der Waals surface area contributed by atoms with Crippen LogP contribution in [0.3, 0.4) is 0 Å². The molecule has 0 spiro atoms. The van der Waals surface area contributed by atoms with E-state index in [4.69, 9.17) is 10.5 Å². The van der Waals surface area contributed by atoms with Gasteiger partial charge < -0.3 is 15.8 Å². The number of hydrogen-bond donors (Lipinski definition) is 3. The van der Waals surface area contributed by atoms with E-state index in [1.165, 1.54) is 7.11 Å². The van der Waals surface area contributed by atoms with E-state index in [-0.39, 0.29) is 12.3 Å². The monoisotopic (exact) mass is 264 g/mol. The summed E-state index contributed by atoms with van der Waals surface area (Å²) in [5.74, 6) is 0.303. The van der Waals surface area contributed by atoms with E-state index >= 15 is 0 Å². The van der Waals surface area contributed by atoms with Crippen LogP contribution in [0.4, 0.5) is 10.5 Å². The van der Waals surface area contributed by atoms with Gasteiger partial charge >= 0.3 is 6.03 Å². The molecular weight excluding hydrogens is 248 g/mol. The number of hydrogen-bond acceptors (Lipinski definition) is 4. The van der Waals surface area contributed by atoms with Crippen LogP contribution in [0.25, 0.3) is 0 Å². The minimum atomic E-state index is -0.774. The summed E-state index contributed by atoms with van der Waals surface area (Å²) in [5, 5.41) is 6.34. The van der Waals surface area contributed by atoms with Gasteiger partial charge in [-0.3, -0.25) is 4.79 Å². The van der Waals surface area contributed by atoms with Crippen LogP contribution in [-0.4, -0.2) is 24.8 Å². The molecule has 0 aromatic heterocycles. The van der Waals surface area contributed by atoms with Crippen LogP contribution in [0.15, 0.2) is 29.4 Å². The first-order valence-electron chi connectivity index (χ1n) is 5.54. The first kappa shape index (κ1) is 14.5. The molecule has 1 aromatic carbocycles. The van der Waals surface area contributed by atoms with Crippen LogP contribution < -0.4 is 21.2 Å². The smallest absolute Gasteiger partial charge is 0.332 e. The van der Waals surface area contributed by atoms with Crippen LogP contribution in [0.5, 0.6) is 5.75 Å². The molecule has 7 nitrogen and oxygen atoms in total. The minimum absolute atomic E-state index is 0.0400. The fourth-order valence-electron chi connectivity index (χ4n) is 1.36. The van der Waals surface area contributed by atoms with Crippen molar-refractivity contribution >= 4 is 23.3 Å². The van der Waals surface area contributed by atoms with Crippen molar-refractivity contribution in [3.8, 4) is 5.75 Å². The molecule has 0 saturated carbocycles. The predicted octanol–water partition coefficient (Wildman–Crippen LogP) is 1.07. The molecule has 19 heavy (non-hydrogen) atoms. The van der Waals surface area contributed by atoms with Gasteiger partial charge in [-0.25, -0.2) is 10.2 Å². The van der Waals surface area contributed by atoms with Crippen LogP contribution in [0.2, 0.25) is 0 Å². The average molecular weight is 264 g/mol. The maximum absolute atomic E-state index is 11.7. The van der Waals surface area contributed by atoms with E-state index in [0.29, 0.717) is 17.1 Å². The third kappa shape index (κ3) is 5.07. The third-order valence-electron chi connectivity index (χ3n) is 2.15. The molecule has 7 heteroatoms. The van der Waals surface area contributed by atoms with E-state index in [1.807, 2.05) is 0 Å².